The summed E-state index contributed by atoms with van der Waals surface area (Å²) in [6.45, 7) is 5.71. The fraction of sp³-hybridized carbons (Fsp3) is 0.545. The molecule has 164 valence electrons. The van der Waals surface area contributed by atoms with Crippen molar-refractivity contribution < 1.29 is 14.2 Å². The maximum Gasteiger partial charge on any atom is 0.193 e. The second-order valence-corrected chi connectivity index (χ2v) is 7.25. The van der Waals surface area contributed by atoms with Gasteiger partial charge in [0, 0.05) is 38.9 Å². The summed E-state index contributed by atoms with van der Waals surface area (Å²) in [6, 6.07) is 6.13. The molecule has 1 fully saturated rings. The van der Waals surface area contributed by atoms with Crippen LogP contribution in [-0.4, -0.2) is 67.6 Å². The molecule has 0 bridgehead atoms. The summed E-state index contributed by atoms with van der Waals surface area (Å²) < 4.78 is 18.8. The second kappa shape index (κ2) is 10.9. The minimum absolute atomic E-state index is 0.0160. The van der Waals surface area contributed by atoms with Gasteiger partial charge in [-0.25, -0.2) is 0 Å². The van der Waals surface area contributed by atoms with Crippen molar-refractivity contribution in [2.24, 2.45) is 12.0 Å². The molecule has 30 heavy (non-hydrogen) atoms. The highest BCUT2D eigenvalue weighted by Gasteiger charge is 2.25. The molecule has 1 aromatic carbocycles. The van der Waals surface area contributed by atoms with Gasteiger partial charge in [0.2, 0.25) is 0 Å². The average molecular weight is 416 g/mol. The highest BCUT2D eigenvalue weighted by Crippen LogP contribution is 2.28. The SMILES string of the molecule is CCOc1cc(CCCNC(=NC)N2CCOC(c3cnn(C)c3)C2)ccc1OC. The number of hydrogen-bond acceptors (Lipinski definition) is 5. The molecule has 1 aliphatic rings. The predicted octanol–water partition coefficient (Wildman–Crippen LogP) is 2.41. The lowest BCUT2D eigenvalue weighted by molar-refractivity contribution is -0.00801. The molecule has 1 N–H and O–H groups in total. The number of rotatable bonds is 8. The van der Waals surface area contributed by atoms with Gasteiger partial charge in [0.25, 0.3) is 0 Å². The van der Waals surface area contributed by atoms with Crippen LogP contribution < -0.4 is 14.8 Å². The highest BCUT2D eigenvalue weighted by atomic mass is 16.5. The van der Waals surface area contributed by atoms with Crippen LogP contribution in [0.2, 0.25) is 0 Å². The molecule has 0 aliphatic carbocycles. The quantitative estimate of drug-likeness (QED) is 0.406. The molecule has 1 unspecified atom stereocenters. The fourth-order valence-electron chi connectivity index (χ4n) is 3.62. The molecular formula is C22H33N5O3. The number of aryl methyl sites for hydroxylation is 2. The van der Waals surface area contributed by atoms with Crippen LogP contribution in [0.15, 0.2) is 35.6 Å². The number of ether oxygens (including phenoxy) is 3. The predicted molar refractivity (Wildman–Crippen MR) is 117 cm³/mol. The molecular weight excluding hydrogens is 382 g/mol. The van der Waals surface area contributed by atoms with E-state index in [4.69, 9.17) is 14.2 Å². The van der Waals surface area contributed by atoms with Crippen LogP contribution in [0.3, 0.4) is 0 Å². The lowest BCUT2D eigenvalue weighted by Crippen LogP contribution is -2.48. The van der Waals surface area contributed by atoms with Crippen LogP contribution in [-0.2, 0) is 18.2 Å². The van der Waals surface area contributed by atoms with Crippen LogP contribution in [0.25, 0.3) is 0 Å². The van der Waals surface area contributed by atoms with E-state index in [0.29, 0.717) is 13.2 Å². The van der Waals surface area contributed by atoms with E-state index >= 15 is 0 Å². The lowest BCUT2D eigenvalue weighted by Gasteiger charge is -2.34. The van der Waals surface area contributed by atoms with Crippen molar-refractivity contribution in [2.75, 3.05) is 47.0 Å². The van der Waals surface area contributed by atoms with Crippen molar-refractivity contribution in [3.05, 3.63) is 41.7 Å². The summed E-state index contributed by atoms with van der Waals surface area (Å²) in [5.74, 6) is 2.49. The van der Waals surface area contributed by atoms with E-state index in [1.54, 1.807) is 11.8 Å². The Morgan fingerprint density at radius 1 is 1.37 bits per heavy atom. The van der Waals surface area contributed by atoms with Crippen LogP contribution >= 0.6 is 0 Å². The zero-order chi connectivity index (χ0) is 21.3. The Labute approximate surface area is 178 Å². The number of hydrogen-bond donors (Lipinski definition) is 1. The summed E-state index contributed by atoms with van der Waals surface area (Å²) in [6.07, 6.45) is 5.84. The van der Waals surface area contributed by atoms with Crippen molar-refractivity contribution in [3.63, 3.8) is 0 Å². The largest absolute Gasteiger partial charge is 0.493 e. The van der Waals surface area contributed by atoms with Gasteiger partial charge in [-0.3, -0.25) is 9.67 Å². The van der Waals surface area contributed by atoms with Crippen molar-refractivity contribution in [3.8, 4) is 11.5 Å². The van der Waals surface area contributed by atoms with Gasteiger partial charge in [-0.1, -0.05) is 6.07 Å². The van der Waals surface area contributed by atoms with E-state index < -0.39 is 0 Å². The van der Waals surface area contributed by atoms with E-state index in [1.807, 2.05) is 39.5 Å². The van der Waals surface area contributed by atoms with Crippen LogP contribution in [0, 0.1) is 0 Å². The van der Waals surface area contributed by atoms with Gasteiger partial charge in [-0.15, -0.1) is 0 Å². The highest BCUT2D eigenvalue weighted by molar-refractivity contribution is 5.80. The zero-order valence-electron chi connectivity index (χ0n) is 18.4. The third kappa shape index (κ3) is 5.66. The Morgan fingerprint density at radius 3 is 2.93 bits per heavy atom. The van der Waals surface area contributed by atoms with Gasteiger partial charge < -0.3 is 24.4 Å². The van der Waals surface area contributed by atoms with Crippen molar-refractivity contribution in [2.45, 2.75) is 25.9 Å². The summed E-state index contributed by atoms with van der Waals surface area (Å²) in [5.41, 5.74) is 2.33. The topological polar surface area (TPSA) is 73.1 Å². The zero-order valence-corrected chi connectivity index (χ0v) is 18.4. The van der Waals surface area contributed by atoms with Gasteiger partial charge >= 0.3 is 0 Å². The molecule has 2 heterocycles. The minimum Gasteiger partial charge on any atom is -0.493 e. The van der Waals surface area contributed by atoms with Crippen molar-refractivity contribution in [1.29, 1.82) is 0 Å². The van der Waals surface area contributed by atoms with Crippen LogP contribution in [0.4, 0.5) is 0 Å². The Kier molecular flexibility index (Phi) is 7.96. The third-order valence-electron chi connectivity index (χ3n) is 5.13. The summed E-state index contributed by atoms with van der Waals surface area (Å²) in [5, 5.41) is 7.75. The van der Waals surface area contributed by atoms with E-state index in [-0.39, 0.29) is 6.10 Å². The van der Waals surface area contributed by atoms with E-state index in [2.05, 4.69) is 32.4 Å². The number of nitrogens with one attached hydrogen (secondary N) is 1. The van der Waals surface area contributed by atoms with E-state index in [9.17, 15) is 0 Å². The van der Waals surface area contributed by atoms with Gasteiger partial charge in [-0.05, 0) is 37.5 Å². The molecule has 8 heteroatoms. The first kappa shape index (κ1) is 22.0. The molecule has 0 radical (unpaired) electrons. The maximum absolute atomic E-state index is 5.94. The molecule has 0 spiro atoms. The number of nitrogens with zero attached hydrogens (tertiary/aromatic N) is 4. The monoisotopic (exact) mass is 415 g/mol. The molecule has 8 nitrogen and oxygen atoms in total. The molecule has 1 saturated heterocycles. The number of benzene rings is 1. The van der Waals surface area contributed by atoms with Gasteiger partial charge in [-0.2, -0.15) is 5.10 Å². The minimum atomic E-state index is 0.0160. The Bertz CT molecular complexity index is 836. The first-order chi connectivity index (χ1) is 14.6. The first-order valence-corrected chi connectivity index (χ1v) is 10.5. The number of aliphatic imine (C=N–C) groups is 1. The molecule has 3 rings (SSSR count). The first-order valence-electron chi connectivity index (χ1n) is 10.5. The fourth-order valence-corrected chi connectivity index (χ4v) is 3.62. The van der Waals surface area contributed by atoms with Crippen LogP contribution in [0.1, 0.15) is 30.6 Å². The van der Waals surface area contributed by atoms with Gasteiger partial charge in [0.1, 0.15) is 6.10 Å². The molecule has 0 saturated carbocycles. The van der Waals surface area contributed by atoms with Gasteiger partial charge in [0.15, 0.2) is 17.5 Å². The molecule has 2 aromatic rings. The molecule has 1 aliphatic heterocycles. The maximum atomic E-state index is 5.94. The smallest absolute Gasteiger partial charge is 0.193 e. The Morgan fingerprint density at radius 2 is 2.23 bits per heavy atom. The Balaban J connectivity index is 1.49. The van der Waals surface area contributed by atoms with Gasteiger partial charge in [0.05, 0.1) is 33.1 Å². The standard InChI is InChI=1S/C22H33N5O3/c1-5-29-20-13-17(8-9-19(20)28-4)7-6-10-24-22(23-2)27-11-12-30-21(16-27)18-14-25-26(3)15-18/h8-9,13-15,21H,5-7,10-12,16H2,1-4H3,(H,23,24). The summed E-state index contributed by atoms with van der Waals surface area (Å²) >= 11 is 0. The molecule has 1 atom stereocenters. The van der Waals surface area contributed by atoms with E-state index in [0.717, 1.165) is 55.5 Å². The van der Waals surface area contributed by atoms with Crippen LogP contribution in [0.5, 0.6) is 11.5 Å². The van der Waals surface area contributed by atoms with E-state index in [1.165, 1.54) is 5.56 Å². The Hall–Kier alpha value is -2.74. The molecule has 0 amide bonds. The third-order valence-corrected chi connectivity index (χ3v) is 5.13. The normalized spacial score (nSPS) is 17.1. The number of morpholine rings is 1. The summed E-state index contributed by atoms with van der Waals surface area (Å²) in [7, 11) is 5.41. The average Bonchev–Trinajstić information content (AvgIpc) is 3.21. The number of aromatic nitrogens is 2. The number of methoxy groups -OCH3 is 1. The second-order valence-electron chi connectivity index (χ2n) is 7.25. The molecule has 1 aromatic heterocycles. The van der Waals surface area contributed by atoms with Crippen molar-refractivity contribution in [1.82, 2.24) is 20.0 Å². The summed E-state index contributed by atoms with van der Waals surface area (Å²) in [4.78, 5) is 6.72. The lowest BCUT2D eigenvalue weighted by atomic mass is 10.1. The number of guanidine groups is 1. The van der Waals surface area contributed by atoms with Crippen molar-refractivity contribution >= 4 is 5.96 Å².